The summed E-state index contributed by atoms with van der Waals surface area (Å²) in [4.78, 5) is 13.9. The third-order valence-corrected chi connectivity index (χ3v) is 3.61. The number of para-hydroxylation sites is 1. The van der Waals surface area contributed by atoms with Gasteiger partial charge in [0, 0.05) is 19.6 Å². The van der Waals surface area contributed by atoms with Crippen LogP contribution in [0.25, 0.3) is 0 Å². The number of Topliss-reactive ketones (excluding diaryl/α,β-unsaturated/α-hetero) is 1. The minimum absolute atomic E-state index is 0.0398. The Bertz CT molecular complexity index is 447. The van der Waals surface area contributed by atoms with Crippen molar-refractivity contribution in [2.24, 2.45) is 0 Å². The fourth-order valence-corrected chi connectivity index (χ4v) is 2.40. The van der Waals surface area contributed by atoms with Gasteiger partial charge in [0.15, 0.2) is 5.78 Å². The second-order valence-electron chi connectivity index (χ2n) is 5.10. The Hall–Kier alpha value is -1.39. The van der Waals surface area contributed by atoms with Gasteiger partial charge in [0.2, 0.25) is 0 Å². The molecular formula is C16H23NO3. The Balaban J connectivity index is 1.82. The molecule has 0 N–H and O–H groups in total. The lowest BCUT2D eigenvalue weighted by atomic mass is 10.1. The molecular weight excluding hydrogens is 254 g/mol. The first kappa shape index (κ1) is 15.0. The van der Waals surface area contributed by atoms with E-state index in [1.165, 1.54) is 0 Å². The van der Waals surface area contributed by atoms with Crippen LogP contribution in [0.4, 0.5) is 0 Å². The fourth-order valence-electron chi connectivity index (χ4n) is 2.40. The number of nitrogens with zero attached hydrogens (tertiary/aromatic N) is 1. The molecule has 4 nitrogen and oxygen atoms in total. The summed E-state index contributed by atoms with van der Waals surface area (Å²) in [5.74, 6) is 0.721. The van der Waals surface area contributed by atoms with Gasteiger partial charge in [0.05, 0.1) is 18.3 Å². The Labute approximate surface area is 120 Å². The van der Waals surface area contributed by atoms with Crippen molar-refractivity contribution >= 4 is 5.78 Å². The van der Waals surface area contributed by atoms with Crippen LogP contribution >= 0.6 is 0 Å². The Morgan fingerprint density at radius 2 is 2.25 bits per heavy atom. The van der Waals surface area contributed by atoms with Crippen LogP contribution in [-0.4, -0.2) is 49.6 Å². The number of morpholine rings is 1. The molecule has 4 heteroatoms. The first-order chi connectivity index (χ1) is 9.70. The maximum atomic E-state index is 11.5. The average Bonchev–Trinajstić information content (AvgIpc) is 2.48. The van der Waals surface area contributed by atoms with Gasteiger partial charge in [0.25, 0.3) is 0 Å². The van der Waals surface area contributed by atoms with Gasteiger partial charge in [-0.2, -0.15) is 0 Å². The SMILES string of the molecule is CCC1CN(CCOc2ccccc2C(C)=O)CCO1. The highest BCUT2D eigenvalue weighted by Gasteiger charge is 2.18. The minimum atomic E-state index is 0.0398. The summed E-state index contributed by atoms with van der Waals surface area (Å²) in [6, 6.07) is 7.41. The molecule has 0 aliphatic carbocycles. The standard InChI is InChI=1S/C16H23NO3/c1-3-14-12-17(8-10-19-14)9-11-20-16-7-5-4-6-15(16)13(2)18/h4-7,14H,3,8-12H2,1-2H3. The molecule has 1 saturated heterocycles. The maximum Gasteiger partial charge on any atom is 0.163 e. The molecule has 0 bridgehead atoms. The zero-order valence-corrected chi connectivity index (χ0v) is 12.3. The zero-order valence-electron chi connectivity index (χ0n) is 12.3. The number of hydrogen-bond acceptors (Lipinski definition) is 4. The summed E-state index contributed by atoms with van der Waals surface area (Å²) in [7, 11) is 0. The van der Waals surface area contributed by atoms with Crippen molar-refractivity contribution in [3.05, 3.63) is 29.8 Å². The van der Waals surface area contributed by atoms with Crippen molar-refractivity contribution in [1.29, 1.82) is 0 Å². The van der Waals surface area contributed by atoms with E-state index in [-0.39, 0.29) is 5.78 Å². The molecule has 1 fully saturated rings. The number of carbonyl (C=O) groups is 1. The second-order valence-corrected chi connectivity index (χ2v) is 5.10. The van der Waals surface area contributed by atoms with Crippen molar-refractivity contribution in [3.8, 4) is 5.75 Å². The van der Waals surface area contributed by atoms with Crippen molar-refractivity contribution in [1.82, 2.24) is 4.90 Å². The second kappa shape index (κ2) is 7.41. The quantitative estimate of drug-likeness (QED) is 0.748. The number of benzene rings is 1. The van der Waals surface area contributed by atoms with E-state index in [0.29, 0.717) is 24.0 Å². The molecule has 1 heterocycles. The molecule has 0 saturated carbocycles. The molecule has 1 atom stereocenters. The molecule has 0 radical (unpaired) electrons. The third-order valence-electron chi connectivity index (χ3n) is 3.61. The van der Waals surface area contributed by atoms with Crippen molar-refractivity contribution < 1.29 is 14.3 Å². The van der Waals surface area contributed by atoms with E-state index >= 15 is 0 Å². The van der Waals surface area contributed by atoms with Crippen LogP contribution in [0.3, 0.4) is 0 Å². The highest BCUT2D eigenvalue weighted by molar-refractivity contribution is 5.96. The number of carbonyl (C=O) groups excluding carboxylic acids is 1. The summed E-state index contributed by atoms with van der Waals surface area (Å²) in [5, 5.41) is 0. The Morgan fingerprint density at radius 1 is 1.45 bits per heavy atom. The molecule has 1 aliphatic rings. The maximum absolute atomic E-state index is 11.5. The summed E-state index contributed by atoms with van der Waals surface area (Å²) >= 11 is 0. The van der Waals surface area contributed by atoms with Gasteiger partial charge in [-0.25, -0.2) is 0 Å². The van der Waals surface area contributed by atoms with E-state index < -0.39 is 0 Å². The van der Waals surface area contributed by atoms with Gasteiger partial charge in [-0.05, 0) is 25.5 Å². The summed E-state index contributed by atoms with van der Waals surface area (Å²) in [5.41, 5.74) is 0.654. The predicted octanol–water partition coefficient (Wildman–Crippen LogP) is 2.38. The van der Waals surface area contributed by atoms with E-state index in [2.05, 4.69) is 11.8 Å². The summed E-state index contributed by atoms with van der Waals surface area (Å²) in [6.45, 7) is 7.89. The molecule has 1 aliphatic heterocycles. The van der Waals surface area contributed by atoms with E-state index in [9.17, 15) is 4.79 Å². The van der Waals surface area contributed by atoms with Gasteiger partial charge in [-0.3, -0.25) is 9.69 Å². The lowest BCUT2D eigenvalue weighted by Crippen LogP contribution is -2.43. The van der Waals surface area contributed by atoms with Gasteiger partial charge >= 0.3 is 0 Å². The number of rotatable bonds is 6. The van der Waals surface area contributed by atoms with Crippen LogP contribution in [-0.2, 0) is 4.74 Å². The average molecular weight is 277 g/mol. The highest BCUT2D eigenvalue weighted by Crippen LogP contribution is 2.18. The normalized spacial score (nSPS) is 19.8. The van der Waals surface area contributed by atoms with Crippen molar-refractivity contribution in [2.45, 2.75) is 26.4 Å². The summed E-state index contributed by atoms with van der Waals surface area (Å²) < 4.78 is 11.4. The highest BCUT2D eigenvalue weighted by atomic mass is 16.5. The molecule has 1 aromatic carbocycles. The van der Waals surface area contributed by atoms with Gasteiger partial charge in [0.1, 0.15) is 12.4 Å². The Kier molecular flexibility index (Phi) is 5.56. The van der Waals surface area contributed by atoms with E-state index in [1.807, 2.05) is 18.2 Å². The van der Waals surface area contributed by atoms with Crippen LogP contribution < -0.4 is 4.74 Å². The topological polar surface area (TPSA) is 38.8 Å². The summed E-state index contributed by atoms with van der Waals surface area (Å²) in [6.07, 6.45) is 1.39. The van der Waals surface area contributed by atoms with Crippen molar-refractivity contribution in [3.63, 3.8) is 0 Å². The number of ether oxygens (including phenoxy) is 2. The van der Waals surface area contributed by atoms with Crippen LogP contribution in [0.2, 0.25) is 0 Å². The molecule has 1 aromatic rings. The Morgan fingerprint density at radius 3 is 3.00 bits per heavy atom. The molecule has 0 aromatic heterocycles. The number of ketones is 1. The van der Waals surface area contributed by atoms with Crippen molar-refractivity contribution in [2.75, 3.05) is 32.8 Å². The molecule has 1 unspecified atom stereocenters. The van der Waals surface area contributed by atoms with Crippen LogP contribution in [0.5, 0.6) is 5.75 Å². The van der Waals surface area contributed by atoms with E-state index in [1.54, 1.807) is 13.0 Å². The lowest BCUT2D eigenvalue weighted by Gasteiger charge is -2.32. The van der Waals surface area contributed by atoms with Crippen LogP contribution in [0.1, 0.15) is 30.6 Å². The van der Waals surface area contributed by atoms with E-state index in [0.717, 1.165) is 32.7 Å². The van der Waals surface area contributed by atoms with Gasteiger partial charge in [-0.15, -0.1) is 0 Å². The predicted molar refractivity (Wildman–Crippen MR) is 78.4 cm³/mol. The molecule has 110 valence electrons. The monoisotopic (exact) mass is 277 g/mol. The molecule has 0 amide bonds. The third kappa shape index (κ3) is 4.05. The molecule has 0 spiro atoms. The first-order valence-electron chi connectivity index (χ1n) is 7.27. The fraction of sp³-hybridized carbons (Fsp3) is 0.562. The lowest BCUT2D eigenvalue weighted by molar-refractivity contribution is -0.0324. The largest absolute Gasteiger partial charge is 0.491 e. The van der Waals surface area contributed by atoms with Gasteiger partial charge < -0.3 is 9.47 Å². The van der Waals surface area contributed by atoms with Crippen LogP contribution in [0, 0.1) is 0 Å². The molecule has 2 rings (SSSR count). The van der Waals surface area contributed by atoms with Gasteiger partial charge in [-0.1, -0.05) is 19.1 Å². The first-order valence-corrected chi connectivity index (χ1v) is 7.27. The smallest absolute Gasteiger partial charge is 0.163 e. The number of hydrogen-bond donors (Lipinski definition) is 0. The minimum Gasteiger partial charge on any atom is -0.491 e. The molecule has 20 heavy (non-hydrogen) atoms. The zero-order chi connectivity index (χ0) is 14.4. The van der Waals surface area contributed by atoms with E-state index in [4.69, 9.17) is 9.47 Å². The van der Waals surface area contributed by atoms with Crippen LogP contribution in [0.15, 0.2) is 24.3 Å².